The highest BCUT2D eigenvalue weighted by Gasteiger charge is 2.41. The first kappa shape index (κ1) is 17.1. The van der Waals surface area contributed by atoms with Crippen LogP contribution in [0.15, 0.2) is 35.3 Å². The molecule has 7 heteroatoms. The van der Waals surface area contributed by atoms with E-state index in [0.717, 1.165) is 29.3 Å². The third-order valence-electron chi connectivity index (χ3n) is 4.72. The van der Waals surface area contributed by atoms with Crippen molar-refractivity contribution >= 4 is 22.6 Å². The number of methoxy groups -OCH3 is 1. The number of aromatic nitrogens is 2. The van der Waals surface area contributed by atoms with E-state index in [-0.39, 0.29) is 12.1 Å². The Morgan fingerprint density at radius 2 is 1.96 bits per heavy atom. The van der Waals surface area contributed by atoms with E-state index in [9.17, 15) is 14.4 Å². The van der Waals surface area contributed by atoms with Gasteiger partial charge < -0.3 is 10.1 Å². The van der Waals surface area contributed by atoms with E-state index in [1.165, 1.54) is 7.11 Å². The monoisotopic (exact) mass is 343 g/mol. The summed E-state index contributed by atoms with van der Waals surface area (Å²) in [4.78, 5) is 37.1. The lowest BCUT2D eigenvalue weighted by atomic mass is 9.81. The largest absolute Gasteiger partial charge is 0.467 e. The number of nitrogens with one attached hydrogen (secondary N) is 1. The Morgan fingerprint density at radius 3 is 2.68 bits per heavy atom. The van der Waals surface area contributed by atoms with Crippen molar-refractivity contribution in [1.29, 1.82) is 0 Å². The molecule has 25 heavy (non-hydrogen) atoms. The van der Waals surface area contributed by atoms with Gasteiger partial charge in [-0.25, -0.2) is 9.48 Å². The fourth-order valence-electron chi connectivity index (χ4n) is 3.41. The zero-order valence-electron chi connectivity index (χ0n) is 14.2. The number of rotatable bonds is 4. The molecule has 1 amide bonds. The lowest BCUT2D eigenvalue weighted by Crippen LogP contribution is -2.57. The highest BCUT2D eigenvalue weighted by atomic mass is 16.5. The number of esters is 1. The molecular weight excluding hydrogens is 322 g/mol. The van der Waals surface area contributed by atoms with Gasteiger partial charge in [-0.05, 0) is 18.9 Å². The van der Waals surface area contributed by atoms with Gasteiger partial charge in [-0.3, -0.25) is 9.59 Å². The number of carbonyl (C=O) groups is 2. The number of carbonyl (C=O) groups excluding carboxylic acids is 2. The van der Waals surface area contributed by atoms with Gasteiger partial charge >= 0.3 is 5.97 Å². The van der Waals surface area contributed by atoms with Crippen molar-refractivity contribution in [3.8, 4) is 0 Å². The summed E-state index contributed by atoms with van der Waals surface area (Å²) >= 11 is 0. The first-order valence-electron chi connectivity index (χ1n) is 8.40. The minimum absolute atomic E-state index is 0.234. The number of hydrogen-bond acceptors (Lipinski definition) is 5. The van der Waals surface area contributed by atoms with Gasteiger partial charge in [-0.2, -0.15) is 5.10 Å². The summed E-state index contributed by atoms with van der Waals surface area (Å²) in [5, 5.41) is 8.08. The van der Waals surface area contributed by atoms with E-state index in [1.807, 2.05) is 6.07 Å². The van der Waals surface area contributed by atoms with Crippen LogP contribution in [-0.2, 0) is 20.9 Å². The number of ether oxygens (including phenoxy) is 1. The maximum Gasteiger partial charge on any atom is 0.331 e. The van der Waals surface area contributed by atoms with E-state index in [1.54, 1.807) is 24.4 Å². The first-order chi connectivity index (χ1) is 12.1. The topological polar surface area (TPSA) is 90.3 Å². The zero-order valence-corrected chi connectivity index (χ0v) is 14.2. The van der Waals surface area contributed by atoms with Crippen molar-refractivity contribution in [1.82, 2.24) is 15.1 Å². The molecular formula is C18H21N3O4. The van der Waals surface area contributed by atoms with Crippen LogP contribution in [0.25, 0.3) is 10.8 Å². The average molecular weight is 343 g/mol. The maximum absolute atomic E-state index is 12.5. The molecule has 1 aromatic carbocycles. The molecule has 1 N–H and O–H groups in total. The van der Waals surface area contributed by atoms with Gasteiger partial charge in [-0.15, -0.1) is 0 Å². The summed E-state index contributed by atoms with van der Waals surface area (Å²) in [5.74, 6) is -0.850. The van der Waals surface area contributed by atoms with Crippen molar-refractivity contribution in [3.05, 3.63) is 40.8 Å². The van der Waals surface area contributed by atoms with Crippen LogP contribution in [0.3, 0.4) is 0 Å². The SMILES string of the molecule is COC(=O)C1(NC(=O)Cn2ncc3ccccc3c2=O)CCCCC1. The van der Waals surface area contributed by atoms with E-state index >= 15 is 0 Å². The Bertz CT molecular complexity index is 853. The molecule has 2 aromatic rings. The van der Waals surface area contributed by atoms with Gasteiger partial charge in [0.15, 0.2) is 0 Å². The van der Waals surface area contributed by atoms with Gasteiger partial charge in [0.05, 0.1) is 18.7 Å². The zero-order chi connectivity index (χ0) is 17.9. The van der Waals surface area contributed by atoms with Crippen LogP contribution in [0.1, 0.15) is 32.1 Å². The van der Waals surface area contributed by atoms with Crippen LogP contribution in [0.2, 0.25) is 0 Å². The second-order valence-electron chi connectivity index (χ2n) is 6.38. The molecule has 0 spiro atoms. The predicted octanol–water partition coefficient (Wildman–Crippen LogP) is 1.39. The van der Waals surface area contributed by atoms with Gasteiger partial charge in [0, 0.05) is 5.39 Å². The smallest absolute Gasteiger partial charge is 0.331 e. The summed E-state index contributed by atoms with van der Waals surface area (Å²) in [6, 6.07) is 7.08. The lowest BCUT2D eigenvalue weighted by molar-refractivity contribution is -0.152. The number of benzene rings is 1. The summed E-state index contributed by atoms with van der Waals surface area (Å²) in [7, 11) is 1.32. The Balaban J connectivity index is 1.81. The quantitative estimate of drug-likeness (QED) is 0.847. The minimum atomic E-state index is -0.995. The molecule has 0 aliphatic heterocycles. The molecule has 0 radical (unpaired) electrons. The molecule has 1 fully saturated rings. The number of fused-ring (bicyclic) bond motifs is 1. The highest BCUT2D eigenvalue weighted by molar-refractivity contribution is 5.88. The van der Waals surface area contributed by atoms with Crippen LogP contribution in [0.5, 0.6) is 0 Å². The lowest BCUT2D eigenvalue weighted by Gasteiger charge is -2.35. The fourth-order valence-corrected chi connectivity index (χ4v) is 3.41. The molecule has 1 aliphatic rings. The predicted molar refractivity (Wildman–Crippen MR) is 92.0 cm³/mol. The molecule has 0 unspecified atom stereocenters. The van der Waals surface area contributed by atoms with E-state index in [2.05, 4.69) is 10.4 Å². The Labute approximate surface area is 145 Å². The van der Waals surface area contributed by atoms with Crippen LogP contribution in [-0.4, -0.2) is 34.3 Å². The molecule has 132 valence electrons. The van der Waals surface area contributed by atoms with Gasteiger partial charge in [-0.1, -0.05) is 37.5 Å². The van der Waals surface area contributed by atoms with Crippen LogP contribution >= 0.6 is 0 Å². The van der Waals surface area contributed by atoms with Crippen LogP contribution in [0, 0.1) is 0 Å². The highest BCUT2D eigenvalue weighted by Crippen LogP contribution is 2.29. The normalized spacial score (nSPS) is 16.4. The van der Waals surface area contributed by atoms with Gasteiger partial charge in [0.1, 0.15) is 12.1 Å². The molecule has 7 nitrogen and oxygen atoms in total. The van der Waals surface area contributed by atoms with E-state index < -0.39 is 17.4 Å². The standard InChI is InChI=1S/C18H21N3O4/c1-25-17(24)18(9-5-2-6-10-18)20-15(22)12-21-16(23)14-8-4-3-7-13(14)11-19-21/h3-4,7-8,11H,2,5-6,9-10,12H2,1H3,(H,20,22). The summed E-state index contributed by atoms with van der Waals surface area (Å²) < 4.78 is 6.00. The first-order valence-corrected chi connectivity index (χ1v) is 8.40. The van der Waals surface area contributed by atoms with Crippen molar-refractivity contribution in [3.63, 3.8) is 0 Å². The second-order valence-corrected chi connectivity index (χ2v) is 6.38. The van der Waals surface area contributed by atoms with Crippen molar-refractivity contribution in [2.45, 2.75) is 44.2 Å². The van der Waals surface area contributed by atoms with Crippen LogP contribution < -0.4 is 10.9 Å². The molecule has 3 rings (SSSR count). The molecule has 1 heterocycles. The number of amides is 1. The third-order valence-corrected chi connectivity index (χ3v) is 4.72. The van der Waals surface area contributed by atoms with Crippen molar-refractivity contribution in [2.24, 2.45) is 0 Å². The molecule has 1 saturated carbocycles. The molecule has 0 atom stereocenters. The van der Waals surface area contributed by atoms with Gasteiger partial charge in [0.25, 0.3) is 5.56 Å². The molecule has 0 saturated heterocycles. The van der Waals surface area contributed by atoms with Crippen molar-refractivity contribution < 1.29 is 14.3 Å². The third kappa shape index (κ3) is 3.40. The number of nitrogens with zero attached hydrogens (tertiary/aromatic N) is 2. The van der Waals surface area contributed by atoms with E-state index in [0.29, 0.717) is 18.2 Å². The summed E-state index contributed by atoms with van der Waals surface area (Å²) in [5.41, 5.74) is -1.33. The number of hydrogen-bond donors (Lipinski definition) is 1. The maximum atomic E-state index is 12.5. The fraction of sp³-hybridized carbons (Fsp3) is 0.444. The summed E-state index contributed by atoms with van der Waals surface area (Å²) in [6.45, 7) is -0.234. The second kappa shape index (κ2) is 7.04. The summed E-state index contributed by atoms with van der Waals surface area (Å²) in [6.07, 6.45) is 5.38. The molecule has 1 aromatic heterocycles. The van der Waals surface area contributed by atoms with Crippen molar-refractivity contribution in [2.75, 3.05) is 7.11 Å². The molecule has 0 bridgehead atoms. The Morgan fingerprint density at radius 1 is 1.24 bits per heavy atom. The van der Waals surface area contributed by atoms with E-state index in [4.69, 9.17) is 4.74 Å². The van der Waals surface area contributed by atoms with Crippen LogP contribution in [0.4, 0.5) is 0 Å². The Kier molecular flexibility index (Phi) is 4.83. The minimum Gasteiger partial charge on any atom is -0.467 e. The average Bonchev–Trinajstić information content (AvgIpc) is 2.64. The molecule has 1 aliphatic carbocycles. The van der Waals surface area contributed by atoms with Gasteiger partial charge in [0.2, 0.25) is 5.91 Å². The Hall–Kier alpha value is -2.70.